The van der Waals surface area contributed by atoms with Gasteiger partial charge >= 0.3 is 0 Å². The van der Waals surface area contributed by atoms with E-state index in [1.54, 1.807) is 17.0 Å². The van der Waals surface area contributed by atoms with Gasteiger partial charge in [0.05, 0.1) is 11.9 Å². The maximum atomic E-state index is 12.7. The highest BCUT2D eigenvalue weighted by atomic mass is 32.2. The molecule has 1 N–H and O–H groups in total. The molecule has 3 nitrogen and oxygen atoms in total. The van der Waals surface area contributed by atoms with E-state index in [1.165, 1.54) is 23.9 Å². The molecule has 1 aliphatic heterocycles. The summed E-state index contributed by atoms with van der Waals surface area (Å²) in [6, 6.07) is 6.11. The predicted molar refractivity (Wildman–Crippen MR) is 73.5 cm³/mol. The summed E-state index contributed by atoms with van der Waals surface area (Å²) in [6.45, 7) is 3.13. The summed E-state index contributed by atoms with van der Waals surface area (Å²) < 4.78 is 12.7. The molecule has 1 heterocycles. The number of carbonyl (C=O) groups excluding carboxylic acids is 1. The highest BCUT2D eigenvalue weighted by molar-refractivity contribution is 8.00. The van der Waals surface area contributed by atoms with E-state index >= 15 is 0 Å². The zero-order chi connectivity index (χ0) is 13.8. The van der Waals surface area contributed by atoms with Gasteiger partial charge in [0.2, 0.25) is 5.91 Å². The lowest BCUT2D eigenvalue weighted by Crippen LogP contribution is -2.46. The summed E-state index contributed by atoms with van der Waals surface area (Å²) in [7, 11) is 0. The van der Waals surface area contributed by atoms with Crippen LogP contribution in [-0.2, 0) is 4.79 Å². The van der Waals surface area contributed by atoms with Crippen molar-refractivity contribution in [3.05, 3.63) is 30.1 Å². The molecule has 0 bridgehead atoms. The molecule has 0 aromatic heterocycles. The molecule has 2 rings (SSSR count). The second kappa shape index (κ2) is 6.39. The van der Waals surface area contributed by atoms with E-state index < -0.39 is 6.10 Å². The topological polar surface area (TPSA) is 40.5 Å². The molecular weight excluding hydrogens is 265 g/mol. The molecule has 104 valence electrons. The third-order valence-corrected chi connectivity index (χ3v) is 4.44. The molecule has 1 aromatic rings. The first-order chi connectivity index (χ1) is 9.06. The third kappa shape index (κ3) is 3.94. The maximum Gasteiger partial charge on any atom is 0.233 e. The largest absolute Gasteiger partial charge is 0.391 e. The molecule has 1 amide bonds. The Kier molecular flexibility index (Phi) is 4.82. The number of piperidine rings is 1. The number of carbonyl (C=O) groups is 1. The maximum absolute atomic E-state index is 12.7. The van der Waals surface area contributed by atoms with Crippen LogP contribution < -0.4 is 0 Å². The molecule has 2 atom stereocenters. The molecule has 1 aliphatic rings. The minimum absolute atomic E-state index is 0.0280. The first-order valence-corrected chi connectivity index (χ1v) is 7.39. The first kappa shape index (κ1) is 14.3. The molecule has 2 unspecified atom stereocenters. The van der Waals surface area contributed by atoms with Gasteiger partial charge in [-0.1, -0.05) is 6.92 Å². The smallest absolute Gasteiger partial charge is 0.233 e. The van der Waals surface area contributed by atoms with E-state index in [0.717, 1.165) is 11.3 Å². The number of thioether (sulfide) groups is 1. The third-order valence-electron chi connectivity index (χ3n) is 3.45. The summed E-state index contributed by atoms with van der Waals surface area (Å²) in [5.74, 6) is 0.338. The Balaban J connectivity index is 1.83. The molecule has 0 spiro atoms. The monoisotopic (exact) mass is 283 g/mol. The van der Waals surface area contributed by atoms with E-state index in [4.69, 9.17) is 0 Å². The van der Waals surface area contributed by atoms with Crippen molar-refractivity contribution in [3.8, 4) is 0 Å². The van der Waals surface area contributed by atoms with Crippen LogP contribution in [0.15, 0.2) is 29.2 Å². The number of aliphatic hydroxyl groups excluding tert-OH is 1. The van der Waals surface area contributed by atoms with E-state index in [0.29, 0.717) is 18.8 Å². The number of hydrogen-bond donors (Lipinski definition) is 1. The van der Waals surface area contributed by atoms with Gasteiger partial charge < -0.3 is 10.0 Å². The van der Waals surface area contributed by atoms with Crippen LogP contribution in [0.3, 0.4) is 0 Å². The van der Waals surface area contributed by atoms with Gasteiger partial charge in [0.1, 0.15) is 5.82 Å². The Morgan fingerprint density at radius 2 is 2.16 bits per heavy atom. The van der Waals surface area contributed by atoms with Gasteiger partial charge in [-0.05, 0) is 36.6 Å². The minimum atomic E-state index is -0.423. The summed E-state index contributed by atoms with van der Waals surface area (Å²) in [6.07, 6.45) is 0.419. The van der Waals surface area contributed by atoms with Crippen LogP contribution in [0.4, 0.5) is 4.39 Å². The summed E-state index contributed by atoms with van der Waals surface area (Å²) in [5, 5.41) is 9.77. The molecule has 0 saturated carbocycles. The molecule has 5 heteroatoms. The Morgan fingerprint density at radius 3 is 2.79 bits per heavy atom. The predicted octanol–water partition coefficient (Wildman–Crippen LogP) is 2.15. The lowest BCUT2D eigenvalue weighted by Gasteiger charge is -2.34. The zero-order valence-corrected chi connectivity index (χ0v) is 11.7. The van der Waals surface area contributed by atoms with E-state index in [2.05, 4.69) is 0 Å². The Hall–Kier alpha value is -1.07. The van der Waals surface area contributed by atoms with Crippen molar-refractivity contribution in [2.75, 3.05) is 18.8 Å². The van der Waals surface area contributed by atoms with Gasteiger partial charge in [0.25, 0.3) is 0 Å². The Bertz CT molecular complexity index is 438. The average Bonchev–Trinajstić information content (AvgIpc) is 2.41. The molecule has 0 aliphatic carbocycles. The molecular formula is C14H18FNO2S. The zero-order valence-electron chi connectivity index (χ0n) is 10.9. The summed E-state index contributed by atoms with van der Waals surface area (Å²) in [5.41, 5.74) is 0. The number of aliphatic hydroxyl groups is 1. The minimum Gasteiger partial charge on any atom is -0.391 e. The average molecular weight is 283 g/mol. The lowest BCUT2D eigenvalue weighted by atomic mass is 9.96. The van der Waals surface area contributed by atoms with Crippen molar-refractivity contribution in [2.24, 2.45) is 5.92 Å². The fourth-order valence-electron chi connectivity index (χ4n) is 2.04. The van der Waals surface area contributed by atoms with Gasteiger partial charge in [0, 0.05) is 18.0 Å². The standard InChI is InChI=1S/C14H18FNO2S/c1-10-6-7-16(8-13(10)17)14(18)9-19-12-4-2-11(15)3-5-12/h2-5,10,13,17H,6-9H2,1H3. The fourth-order valence-corrected chi connectivity index (χ4v) is 2.84. The van der Waals surface area contributed by atoms with E-state index in [-0.39, 0.29) is 17.6 Å². The molecule has 1 aromatic carbocycles. The van der Waals surface area contributed by atoms with Crippen LogP contribution in [0, 0.1) is 11.7 Å². The van der Waals surface area contributed by atoms with Gasteiger partial charge in [-0.15, -0.1) is 11.8 Å². The van der Waals surface area contributed by atoms with Crippen molar-refractivity contribution in [1.29, 1.82) is 0 Å². The van der Waals surface area contributed by atoms with Crippen LogP contribution in [0.5, 0.6) is 0 Å². The van der Waals surface area contributed by atoms with Crippen molar-refractivity contribution < 1.29 is 14.3 Å². The van der Waals surface area contributed by atoms with Crippen molar-refractivity contribution >= 4 is 17.7 Å². The highest BCUT2D eigenvalue weighted by Crippen LogP contribution is 2.21. The van der Waals surface area contributed by atoms with Crippen molar-refractivity contribution in [1.82, 2.24) is 4.90 Å². The molecule has 0 radical (unpaired) electrons. The molecule has 19 heavy (non-hydrogen) atoms. The summed E-state index contributed by atoms with van der Waals surface area (Å²) in [4.78, 5) is 14.6. The Morgan fingerprint density at radius 1 is 1.47 bits per heavy atom. The molecule has 1 fully saturated rings. The normalized spacial score (nSPS) is 23.4. The number of halogens is 1. The van der Waals surface area contributed by atoms with Crippen molar-refractivity contribution in [3.63, 3.8) is 0 Å². The van der Waals surface area contributed by atoms with Gasteiger partial charge in [-0.3, -0.25) is 4.79 Å². The quantitative estimate of drug-likeness (QED) is 0.864. The number of amides is 1. The van der Waals surface area contributed by atoms with Gasteiger partial charge in [-0.25, -0.2) is 4.39 Å². The van der Waals surface area contributed by atoms with E-state index in [1.807, 2.05) is 6.92 Å². The first-order valence-electron chi connectivity index (χ1n) is 6.40. The highest BCUT2D eigenvalue weighted by Gasteiger charge is 2.26. The number of hydrogen-bond acceptors (Lipinski definition) is 3. The second-order valence-corrected chi connectivity index (χ2v) is 5.96. The lowest BCUT2D eigenvalue weighted by molar-refractivity contribution is -0.132. The number of β-amino-alcohol motifs (C(OH)–C–C–N with tert-alkyl or cyclic N) is 1. The van der Waals surface area contributed by atoms with Crippen LogP contribution in [0.2, 0.25) is 0 Å². The van der Waals surface area contributed by atoms with Crippen LogP contribution >= 0.6 is 11.8 Å². The van der Waals surface area contributed by atoms with E-state index in [9.17, 15) is 14.3 Å². The SMILES string of the molecule is CC1CCN(C(=O)CSc2ccc(F)cc2)CC1O. The number of likely N-dealkylation sites (tertiary alicyclic amines) is 1. The van der Waals surface area contributed by atoms with Crippen LogP contribution in [-0.4, -0.2) is 40.9 Å². The Labute approximate surface area is 116 Å². The summed E-state index contributed by atoms with van der Waals surface area (Å²) >= 11 is 1.39. The van der Waals surface area contributed by atoms with Gasteiger partial charge in [0.15, 0.2) is 0 Å². The number of rotatable bonds is 3. The van der Waals surface area contributed by atoms with Gasteiger partial charge in [-0.2, -0.15) is 0 Å². The number of benzene rings is 1. The van der Waals surface area contributed by atoms with Crippen LogP contribution in [0.25, 0.3) is 0 Å². The second-order valence-electron chi connectivity index (χ2n) is 4.92. The number of nitrogens with zero attached hydrogens (tertiary/aromatic N) is 1. The fraction of sp³-hybridized carbons (Fsp3) is 0.500. The molecule has 1 saturated heterocycles. The van der Waals surface area contributed by atoms with Crippen molar-refractivity contribution in [2.45, 2.75) is 24.3 Å². The van der Waals surface area contributed by atoms with Crippen LogP contribution in [0.1, 0.15) is 13.3 Å².